The number of aromatic nitrogens is 2. The van der Waals surface area contributed by atoms with Crippen molar-refractivity contribution in [2.75, 3.05) is 0 Å². The lowest BCUT2D eigenvalue weighted by atomic mass is 10.1. The van der Waals surface area contributed by atoms with Crippen LogP contribution >= 0.6 is 0 Å². The summed E-state index contributed by atoms with van der Waals surface area (Å²) in [6.07, 6.45) is 8.23. The topological polar surface area (TPSA) is 75.7 Å². The molecule has 4 nitrogen and oxygen atoms in total. The predicted octanol–water partition coefficient (Wildman–Crippen LogP) is 3.16. The molecule has 0 aliphatic heterocycles. The Kier molecular flexibility index (Phi) is 4.82. The van der Waals surface area contributed by atoms with E-state index in [1.807, 2.05) is 36.7 Å². The number of amidine groups is 1. The van der Waals surface area contributed by atoms with E-state index in [1.165, 1.54) is 12.8 Å². The highest BCUT2D eigenvalue weighted by Crippen LogP contribution is 2.18. The molecule has 1 aromatic carbocycles. The van der Waals surface area contributed by atoms with Crippen LogP contribution in [0.2, 0.25) is 0 Å². The van der Waals surface area contributed by atoms with Crippen LogP contribution in [0, 0.1) is 5.41 Å². The number of benzene rings is 1. The van der Waals surface area contributed by atoms with E-state index in [0.717, 1.165) is 35.4 Å². The van der Waals surface area contributed by atoms with Crippen molar-refractivity contribution in [3.63, 3.8) is 0 Å². The third kappa shape index (κ3) is 3.63. The zero-order valence-electron chi connectivity index (χ0n) is 11.8. The number of aryl methyl sites for hydroxylation is 1. The Balaban J connectivity index is 2.07. The molecule has 3 N–H and O–H groups in total. The van der Waals surface area contributed by atoms with E-state index < -0.39 is 0 Å². The molecular weight excluding hydrogens is 248 g/mol. The van der Waals surface area contributed by atoms with Crippen LogP contribution in [-0.2, 0) is 6.42 Å². The van der Waals surface area contributed by atoms with Crippen molar-refractivity contribution >= 4 is 5.84 Å². The Morgan fingerprint density at radius 1 is 1.05 bits per heavy atom. The molecule has 0 fully saturated rings. The van der Waals surface area contributed by atoms with E-state index in [9.17, 15) is 0 Å². The van der Waals surface area contributed by atoms with Gasteiger partial charge in [-0.05, 0) is 12.0 Å². The smallest absolute Gasteiger partial charge is 0.128 e. The molecule has 0 unspecified atom stereocenters. The zero-order valence-corrected chi connectivity index (χ0v) is 11.8. The molecule has 0 saturated heterocycles. The number of nitrogens with one attached hydrogen (secondary N) is 1. The number of rotatable bonds is 6. The molecule has 4 heteroatoms. The third-order valence-electron chi connectivity index (χ3n) is 3.24. The first-order valence-corrected chi connectivity index (χ1v) is 6.96. The maximum atomic E-state index is 7.37. The van der Waals surface area contributed by atoms with E-state index in [0.29, 0.717) is 0 Å². The van der Waals surface area contributed by atoms with Gasteiger partial charge in [-0.1, -0.05) is 44.0 Å². The number of unbranched alkanes of at least 4 members (excludes halogenated alkanes) is 2. The van der Waals surface area contributed by atoms with E-state index >= 15 is 0 Å². The molecule has 0 aliphatic carbocycles. The molecule has 1 aromatic heterocycles. The molecule has 2 aromatic rings. The quantitative estimate of drug-likeness (QED) is 0.480. The van der Waals surface area contributed by atoms with Crippen LogP contribution in [0.15, 0.2) is 36.7 Å². The molecule has 0 spiro atoms. The van der Waals surface area contributed by atoms with Gasteiger partial charge in [-0.3, -0.25) is 5.41 Å². The van der Waals surface area contributed by atoms with Crippen LogP contribution in [0.4, 0.5) is 0 Å². The number of nitrogens with two attached hydrogens (primary N) is 1. The second kappa shape index (κ2) is 6.80. The fourth-order valence-electron chi connectivity index (χ4n) is 2.01. The average Bonchev–Trinajstić information content (AvgIpc) is 2.48. The summed E-state index contributed by atoms with van der Waals surface area (Å²) in [6, 6.07) is 7.55. The summed E-state index contributed by atoms with van der Waals surface area (Å²) in [4.78, 5) is 8.81. The summed E-state index contributed by atoms with van der Waals surface area (Å²) >= 11 is 0. The Labute approximate surface area is 119 Å². The first kappa shape index (κ1) is 14.2. The maximum Gasteiger partial charge on any atom is 0.128 e. The lowest BCUT2D eigenvalue weighted by Gasteiger charge is -2.04. The summed E-state index contributed by atoms with van der Waals surface area (Å²) in [5.74, 6) is 0.988. The maximum absolute atomic E-state index is 7.37. The van der Waals surface area contributed by atoms with Gasteiger partial charge in [-0.2, -0.15) is 0 Å². The van der Waals surface area contributed by atoms with Gasteiger partial charge in [-0.25, -0.2) is 9.97 Å². The number of nitrogen functional groups attached to an aromatic ring is 1. The molecule has 0 saturated carbocycles. The van der Waals surface area contributed by atoms with Crippen LogP contribution < -0.4 is 5.73 Å². The highest BCUT2D eigenvalue weighted by atomic mass is 14.9. The summed E-state index contributed by atoms with van der Waals surface area (Å²) < 4.78 is 0. The van der Waals surface area contributed by atoms with Gasteiger partial charge in [0.05, 0.1) is 0 Å². The van der Waals surface area contributed by atoms with E-state index in [1.54, 1.807) is 0 Å². The van der Waals surface area contributed by atoms with Crippen molar-refractivity contribution in [3.8, 4) is 11.1 Å². The molecule has 0 amide bonds. The SMILES string of the molecule is CCCCCc1ncc(-c2ccc(C(=N)N)cc2)cn1. The fraction of sp³-hybridized carbons (Fsp3) is 0.312. The Hall–Kier alpha value is -2.23. The van der Waals surface area contributed by atoms with Crippen molar-refractivity contribution in [1.29, 1.82) is 5.41 Å². The first-order valence-electron chi connectivity index (χ1n) is 6.96. The molecular formula is C16H20N4. The van der Waals surface area contributed by atoms with Crippen LogP contribution in [0.25, 0.3) is 11.1 Å². The molecule has 20 heavy (non-hydrogen) atoms. The third-order valence-corrected chi connectivity index (χ3v) is 3.24. The number of nitrogens with zero attached hydrogens (tertiary/aromatic N) is 2. The van der Waals surface area contributed by atoms with E-state index in [2.05, 4.69) is 16.9 Å². The minimum absolute atomic E-state index is 0.0825. The minimum Gasteiger partial charge on any atom is -0.384 e. The van der Waals surface area contributed by atoms with Gasteiger partial charge in [0.2, 0.25) is 0 Å². The zero-order chi connectivity index (χ0) is 14.4. The van der Waals surface area contributed by atoms with Gasteiger partial charge in [0.1, 0.15) is 11.7 Å². The van der Waals surface area contributed by atoms with Crippen LogP contribution in [0.3, 0.4) is 0 Å². The summed E-state index contributed by atoms with van der Waals surface area (Å²) in [5.41, 5.74) is 8.19. The second-order valence-corrected chi connectivity index (χ2v) is 4.84. The van der Waals surface area contributed by atoms with Crippen molar-refractivity contribution in [1.82, 2.24) is 9.97 Å². The highest BCUT2D eigenvalue weighted by Gasteiger charge is 2.02. The number of hydrogen-bond acceptors (Lipinski definition) is 3. The Morgan fingerprint density at radius 3 is 2.25 bits per heavy atom. The van der Waals surface area contributed by atoms with Crippen molar-refractivity contribution in [2.45, 2.75) is 32.6 Å². The molecule has 0 atom stereocenters. The lowest BCUT2D eigenvalue weighted by molar-refractivity contribution is 0.693. The average molecular weight is 268 g/mol. The molecule has 0 radical (unpaired) electrons. The second-order valence-electron chi connectivity index (χ2n) is 4.84. The summed E-state index contributed by atoms with van der Waals surface area (Å²) in [5, 5.41) is 7.37. The van der Waals surface area contributed by atoms with Crippen LogP contribution in [0.1, 0.15) is 37.6 Å². The number of hydrogen-bond donors (Lipinski definition) is 2. The van der Waals surface area contributed by atoms with Gasteiger partial charge in [0.25, 0.3) is 0 Å². The van der Waals surface area contributed by atoms with Crippen molar-refractivity contribution in [2.24, 2.45) is 5.73 Å². The van der Waals surface area contributed by atoms with E-state index in [4.69, 9.17) is 11.1 Å². The van der Waals surface area contributed by atoms with Crippen LogP contribution in [-0.4, -0.2) is 15.8 Å². The molecule has 0 bridgehead atoms. The first-order chi connectivity index (χ1) is 9.70. The molecule has 0 aliphatic rings. The van der Waals surface area contributed by atoms with Gasteiger partial charge in [0, 0.05) is 29.9 Å². The highest BCUT2D eigenvalue weighted by molar-refractivity contribution is 5.95. The minimum atomic E-state index is 0.0825. The summed E-state index contributed by atoms with van der Waals surface area (Å²) in [6.45, 7) is 2.19. The van der Waals surface area contributed by atoms with Crippen molar-refractivity contribution < 1.29 is 0 Å². The van der Waals surface area contributed by atoms with Gasteiger partial charge in [-0.15, -0.1) is 0 Å². The van der Waals surface area contributed by atoms with Crippen LogP contribution in [0.5, 0.6) is 0 Å². The lowest BCUT2D eigenvalue weighted by Crippen LogP contribution is -2.10. The predicted molar refractivity (Wildman–Crippen MR) is 81.7 cm³/mol. The Bertz CT molecular complexity index is 558. The molecule has 1 heterocycles. The summed E-state index contributed by atoms with van der Waals surface area (Å²) in [7, 11) is 0. The van der Waals surface area contributed by atoms with E-state index in [-0.39, 0.29) is 5.84 Å². The van der Waals surface area contributed by atoms with Crippen molar-refractivity contribution in [3.05, 3.63) is 48.0 Å². The Morgan fingerprint density at radius 2 is 1.70 bits per heavy atom. The van der Waals surface area contributed by atoms with Gasteiger partial charge >= 0.3 is 0 Å². The molecule has 2 rings (SSSR count). The van der Waals surface area contributed by atoms with Gasteiger partial charge < -0.3 is 5.73 Å². The largest absolute Gasteiger partial charge is 0.384 e. The van der Waals surface area contributed by atoms with Gasteiger partial charge in [0.15, 0.2) is 0 Å². The normalized spacial score (nSPS) is 10.4. The monoisotopic (exact) mass is 268 g/mol. The standard InChI is InChI=1S/C16H20N4/c1-2-3-4-5-15-19-10-14(11-20-15)12-6-8-13(9-7-12)16(17)18/h6-11H,2-5H2,1H3,(H3,17,18). The fourth-order valence-corrected chi connectivity index (χ4v) is 2.01. The molecule has 104 valence electrons.